The van der Waals surface area contributed by atoms with Gasteiger partial charge in [-0.15, -0.1) is 0 Å². The number of hydrogen-bond acceptors (Lipinski definition) is 3. The van der Waals surface area contributed by atoms with Crippen LogP contribution in [0.2, 0.25) is 5.02 Å². The van der Waals surface area contributed by atoms with E-state index >= 15 is 0 Å². The highest BCUT2D eigenvalue weighted by atomic mass is 35.5. The van der Waals surface area contributed by atoms with Gasteiger partial charge in [-0.2, -0.15) is 0 Å². The third-order valence-corrected chi connectivity index (χ3v) is 2.70. The Balaban J connectivity index is 3.54. The van der Waals surface area contributed by atoms with Gasteiger partial charge in [0.1, 0.15) is 0 Å². The van der Waals surface area contributed by atoms with E-state index in [9.17, 15) is 4.79 Å². The smallest absolute Gasteiger partial charge is 0.336 e. The SMILES string of the molecule is CCc1c(C(=O)O)cc(OC)c(OC)c1Cl. The first-order valence-corrected chi connectivity index (χ1v) is 5.11. The van der Waals surface area contributed by atoms with Gasteiger partial charge in [0.2, 0.25) is 0 Å². The van der Waals surface area contributed by atoms with Crippen LogP contribution in [-0.2, 0) is 6.42 Å². The van der Waals surface area contributed by atoms with Gasteiger partial charge in [0.15, 0.2) is 11.5 Å². The van der Waals surface area contributed by atoms with Crippen molar-refractivity contribution < 1.29 is 19.4 Å². The summed E-state index contributed by atoms with van der Waals surface area (Å²) in [6.07, 6.45) is 0.515. The molecular weight excluding hydrogens is 232 g/mol. The molecule has 1 rings (SSSR count). The topological polar surface area (TPSA) is 55.8 Å². The Morgan fingerprint density at radius 1 is 1.44 bits per heavy atom. The van der Waals surface area contributed by atoms with Crippen molar-refractivity contribution in [2.24, 2.45) is 0 Å². The zero-order valence-electron chi connectivity index (χ0n) is 9.33. The number of hydrogen-bond donors (Lipinski definition) is 1. The molecule has 1 aromatic rings. The molecule has 4 nitrogen and oxygen atoms in total. The summed E-state index contributed by atoms with van der Waals surface area (Å²) in [7, 11) is 2.90. The quantitative estimate of drug-likeness (QED) is 0.885. The molecule has 5 heteroatoms. The van der Waals surface area contributed by atoms with Crippen LogP contribution in [0.4, 0.5) is 0 Å². The molecule has 0 aromatic heterocycles. The summed E-state index contributed by atoms with van der Waals surface area (Å²) in [5, 5.41) is 9.34. The fourth-order valence-electron chi connectivity index (χ4n) is 1.53. The van der Waals surface area contributed by atoms with E-state index < -0.39 is 5.97 Å². The zero-order chi connectivity index (χ0) is 12.3. The largest absolute Gasteiger partial charge is 0.493 e. The number of halogens is 1. The highest BCUT2D eigenvalue weighted by molar-refractivity contribution is 6.33. The molecule has 0 aliphatic rings. The van der Waals surface area contributed by atoms with Gasteiger partial charge in [0.05, 0.1) is 24.8 Å². The molecule has 0 heterocycles. The molecule has 0 atom stereocenters. The number of ether oxygens (including phenoxy) is 2. The maximum atomic E-state index is 11.0. The lowest BCUT2D eigenvalue weighted by Crippen LogP contribution is -2.05. The molecule has 0 saturated carbocycles. The van der Waals surface area contributed by atoms with Crippen LogP contribution in [0.1, 0.15) is 22.8 Å². The minimum Gasteiger partial charge on any atom is -0.493 e. The maximum absolute atomic E-state index is 11.0. The van der Waals surface area contributed by atoms with Crippen molar-refractivity contribution in [2.75, 3.05) is 14.2 Å². The van der Waals surface area contributed by atoms with Crippen molar-refractivity contribution in [2.45, 2.75) is 13.3 Å². The number of carboxylic acids is 1. The molecule has 0 spiro atoms. The van der Waals surface area contributed by atoms with E-state index in [4.69, 9.17) is 26.2 Å². The summed E-state index contributed by atoms with van der Waals surface area (Å²) in [5.74, 6) is -0.340. The van der Waals surface area contributed by atoms with Crippen molar-refractivity contribution in [1.29, 1.82) is 0 Å². The summed E-state index contributed by atoms with van der Waals surface area (Å²) < 4.78 is 10.1. The molecule has 0 saturated heterocycles. The Bertz CT molecular complexity index is 415. The first-order valence-electron chi connectivity index (χ1n) is 4.73. The van der Waals surface area contributed by atoms with Crippen molar-refractivity contribution >= 4 is 17.6 Å². The lowest BCUT2D eigenvalue weighted by molar-refractivity contribution is 0.0695. The van der Waals surface area contributed by atoms with E-state index in [1.807, 2.05) is 6.92 Å². The Labute approximate surface area is 98.7 Å². The number of carboxylic acid groups (broad SMARTS) is 1. The summed E-state index contributed by atoms with van der Waals surface area (Å²) in [5.41, 5.74) is 0.692. The minimum absolute atomic E-state index is 0.144. The third kappa shape index (κ3) is 2.07. The second-order valence-corrected chi connectivity index (χ2v) is 3.49. The van der Waals surface area contributed by atoms with Gasteiger partial charge < -0.3 is 14.6 Å². The van der Waals surface area contributed by atoms with Gasteiger partial charge in [-0.3, -0.25) is 0 Å². The van der Waals surface area contributed by atoms with E-state index in [1.54, 1.807) is 0 Å². The summed E-state index contributed by atoms with van der Waals surface area (Å²) >= 11 is 6.07. The monoisotopic (exact) mass is 244 g/mol. The molecule has 16 heavy (non-hydrogen) atoms. The normalized spacial score (nSPS) is 10.0. The molecule has 0 amide bonds. The second kappa shape index (κ2) is 5.07. The average Bonchev–Trinajstić information content (AvgIpc) is 2.27. The Kier molecular flexibility index (Phi) is 4.01. The standard InChI is InChI=1S/C11H13ClO4/c1-4-6-7(11(13)14)5-8(15-2)10(16-3)9(6)12/h5H,4H2,1-3H3,(H,13,14). The van der Waals surface area contributed by atoms with E-state index in [1.165, 1.54) is 20.3 Å². The molecule has 0 bridgehead atoms. The maximum Gasteiger partial charge on any atom is 0.336 e. The minimum atomic E-state index is -1.03. The fraction of sp³-hybridized carbons (Fsp3) is 0.364. The lowest BCUT2D eigenvalue weighted by atomic mass is 10.0. The predicted octanol–water partition coefficient (Wildman–Crippen LogP) is 2.62. The van der Waals surface area contributed by atoms with Crippen molar-refractivity contribution in [3.63, 3.8) is 0 Å². The molecule has 0 aliphatic heterocycles. The highest BCUT2D eigenvalue weighted by Crippen LogP contribution is 2.39. The van der Waals surface area contributed by atoms with E-state index in [0.29, 0.717) is 28.5 Å². The van der Waals surface area contributed by atoms with Crippen LogP contribution >= 0.6 is 11.6 Å². The molecule has 0 fully saturated rings. The summed E-state index contributed by atoms with van der Waals surface area (Å²) in [6, 6.07) is 1.42. The summed E-state index contributed by atoms with van der Waals surface area (Å²) in [6.45, 7) is 1.83. The van der Waals surface area contributed by atoms with Gasteiger partial charge in [-0.05, 0) is 18.1 Å². The second-order valence-electron chi connectivity index (χ2n) is 3.11. The first-order chi connectivity index (χ1) is 7.56. The number of carbonyl (C=O) groups is 1. The number of methoxy groups -OCH3 is 2. The first kappa shape index (κ1) is 12.6. The van der Waals surface area contributed by atoms with Gasteiger partial charge in [-0.1, -0.05) is 18.5 Å². The molecule has 0 unspecified atom stereocenters. The van der Waals surface area contributed by atoms with Crippen LogP contribution in [0, 0.1) is 0 Å². The zero-order valence-corrected chi connectivity index (χ0v) is 10.1. The Morgan fingerprint density at radius 2 is 2.06 bits per heavy atom. The van der Waals surface area contributed by atoms with Crippen LogP contribution in [0.15, 0.2) is 6.07 Å². The molecule has 1 aromatic carbocycles. The van der Waals surface area contributed by atoms with E-state index in [2.05, 4.69) is 0 Å². The fourth-order valence-corrected chi connectivity index (χ4v) is 1.93. The Hall–Kier alpha value is -1.42. The molecular formula is C11H13ClO4. The highest BCUT2D eigenvalue weighted by Gasteiger charge is 2.20. The number of aromatic carboxylic acids is 1. The summed E-state index contributed by atoms with van der Waals surface area (Å²) in [4.78, 5) is 11.0. The van der Waals surface area contributed by atoms with Crippen molar-refractivity contribution in [3.05, 3.63) is 22.2 Å². The van der Waals surface area contributed by atoms with Gasteiger partial charge in [0, 0.05) is 0 Å². The lowest BCUT2D eigenvalue weighted by Gasteiger charge is -2.14. The van der Waals surface area contributed by atoms with Crippen LogP contribution in [-0.4, -0.2) is 25.3 Å². The van der Waals surface area contributed by atoms with Gasteiger partial charge in [0.25, 0.3) is 0 Å². The Morgan fingerprint density at radius 3 is 2.44 bits per heavy atom. The third-order valence-electron chi connectivity index (χ3n) is 2.30. The van der Waals surface area contributed by atoms with E-state index in [0.717, 1.165) is 0 Å². The average molecular weight is 245 g/mol. The number of rotatable bonds is 4. The molecule has 88 valence electrons. The van der Waals surface area contributed by atoms with Crippen molar-refractivity contribution in [1.82, 2.24) is 0 Å². The molecule has 1 N–H and O–H groups in total. The van der Waals surface area contributed by atoms with Gasteiger partial charge in [-0.25, -0.2) is 4.79 Å². The van der Waals surface area contributed by atoms with Crippen LogP contribution < -0.4 is 9.47 Å². The van der Waals surface area contributed by atoms with Crippen LogP contribution in [0.5, 0.6) is 11.5 Å². The van der Waals surface area contributed by atoms with Crippen molar-refractivity contribution in [3.8, 4) is 11.5 Å². The van der Waals surface area contributed by atoms with Crippen LogP contribution in [0.3, 0.4) is 0 Å². The predicted molar refractivity (Wildman–Crippen MR) is 60.9 cm³/mol. The number of benzene rings is 1. The van der Waals surface area contributed by atoms with E-state index in [-0.39, 0.29) is 5.56 Å². The van der Waals surface area contributed by atoms with Gasteiger partial charge >= 0.3 is 5.97 Å². The molecule has 0 aliphatic carbocycles. The molecule has 0 radical (unpaired) electrons. The van der Waals surface area contributed by atoms with Crippen LogP contribution in [0.25, 0.3) is 0 Å².